The van der Waals surface area contributed by atoms with Crippen LogP contribution in [0.3, 0.4) is 0 Å². The van der Waals surface area contributed by atoms with Crippen LogP contribution in [0.1, 0.15) is 40.3 Å². The van der Waals surface area contributed by atoms with Crippen LogP contribution in [-0.2, 0) is 12.0 Å². The molecule has 5 nitrogen and oxygen atoms in total. The highest BCUT2D eigenvalue weighted by Gasteiger charge is 2.45. The number of piperidine rings is 1. The van der Waals surface area contributed by atoms with Crippen molar-refractivity contribution in [3.8, 4) is 0 Å². The highest BCUT2D eigenvalue weighted by Crippen LogP contribution is 2.40. The van der Waals surface area contributed by atoms with Gasteiger partial charge < -0.3 is 4.90 Å². The van der Waals surface area contributed by atoms with Crippen LogP contribution in [0.4, 0.5) is 0 Å². The van der Waals surface area contributed by atoms with Gasteiger partial charge in [-0.1, -0.05) is 0 Å². The maximum absolute atomic E-state index is 12.5. The van der Waals surface area contributed by atoms with Gasteiger partial charge in [-0.2, -0.15) is 11.3 Å². The Hall–Kier alpha value is -1.79. The molecule has 1 fully saturated rings. The number of nitrogens with zero attached hydrogens (tertiary/aromatic N) is 4. The van der Waals surface area contributed by atoms with Crippen LogP contribution in [0.15, 0.2) is 23.0 Å². The molecule has 1 saturated heterocycles. The second kappa shape index (κ2) is 5.93. The molecule has 2 aliphatic rings. The molecule has 6 heteroatoms. The molecular weight excluding hydrogens is 320 g/mol. The van der Waals surface area contributed by atoms with Gasteiger partial charge in [-0.3, -0.25) is 9.69 Å². The van der Waals surface area contributed by atoms with E-state index in [4.69, 9.17) is 4.98 Å². The number of hydrogen-bond donors (Lipinski definition) is 0. The van der Waals surface area contributed by atoms with E-state index in [1.165, 1.54) is 5.56 Å². The number of rotatable bonds is 2. The van der Waals surface area contributed by atoms with Crippen molar-refractivity contribution >= 4 is 17.2 Å². The van der Waals surface area contributed by atoms with Crippen molar-refractivity contribution in [1.82, 2.24) is 19.8 Å². The van der Waals surface area contributed by atoms with Crippen LogP contribution in [0.2, 0.25) is 0 Å². The molecule has 1 spiro atoms. The van der Waals surface area contributed by atoms with E-state index in [0.717, 1.165) is 50.5 Å². The quantitative estimate of drug-likeness (QED) is 0.841. The minimum absolute atomic E-state index is 0.0170. The smallest absolute Gasteiger partial charge is 0.257 e. The Balaban J connectivity index is 1.59. The van der Waals surface area contributed by atoms with E-state index in [2.05, 4.69) is 26.7 Å². The fourth-order valence-electron chi connectivity index (χ4n) is 4.01. The zero-order valence-corrected chi connectivity index (χ0v) is 15.0. The molecule has 4 heterocycles. The molecule has 0 aliphatic carbocycles. The van der Waals surface area contributed by atoms with Gasteiger partial charge >= 0.3 is 0 Å². The summed E-state index contributed by atoms with van der Waals surface area (Å²) in [6, 6.07) is 2.20. The first-order valence-corrected chi connectivity index (χ1v) is 9.35. The lowest BCUT2D eigenvalue weighted by Gasteiger charge is -2.46. The van der Waals surface area contributed by atoms with Crippen molar-refractivity contribution in [2.75, 3.05) is 26.7 Å². The number of carbonyl (C=O) groups is 1. The van der Waals surface area contributed by atoms with Gasteiger partial charge in [0, 0.05) is 31.7 Å². The molecule has 0 aromatic carbocycles. The molecule has 2 aliphatic heterocycles. The monoisotopic (exact) mass is 342 g/mol. The highest BCUT2D eigenvalue weighted by atomic mass is 32.1. The van der Waals surface area contributed by atoms with Gasteiger partial charge in [0.2, 0.25) is 0 Å². The Morgan fingerprint density at radius 3 is 2.83 bits per heavy atom. The van der Waals surface area contributed by atoms with E-state index < -0.39 is 0 Å². The Labute approximate surface area is 146 Å². The van der Waals surface area contributed by atoms with Gasteiger partial charge in [0.1, 0.15) is 5.82 Å². The van der Waals surface area contributed by atoms with Gasteiger partial charge in [0.05, 0.1) is 11.3 Å². The summed E-state index contributed by atoms with van der Waals surface area (Å²) < 4.78 is 0. The lowest BCUT2D eigenvalue weighted by molar-refractivity contribution is 0.0623. The molecule has 126 valence electrons. The summed E-state index contributed by atoms with van der Waals surface area (Å²) in [6.07, 6.45) is 3.80. The number of likely N-dealkylation sites (N-methyl/N-ethyl adjacent to an activating group) is 1. The predicted molar refractivity (Wildman–Crippen MR) is 94.2 cm³/mol. The molecule has 0 N–H and O–H groups in total. The minimum atomic E-state index is -0.0170. The SMILES string of the molecule is Cc1ncc2c(n1)C1(CCN(Cc3ccsc3)CC1)CN(C)C2=O. The molecule has 2 aromatic heterocycles. The first kappa shape index (κ1) is 15.7. The molecule has 2 aromatic rings. The lowest BCUT2D eigenvalue weighted by atomic mass is 9.71. The van der Waals surface area contributed by atoms with Crippen LogP contribution in [0.25, 0.3) is 0 Å². The van der Waals surface area contributed by atoms with Gasteiger partial charge in [-0.25, -0.2) is 9.97 Å². The molecule has 1 amide bonds. The molecule has 0 atom stereocenters. The van der Waals surface area contributed by atoms with Crippen molar-refractivity contribution in [3.63, 3.8) is 0 Å². The Kier molecular flexibility index (Phi) is 3.89. The average Bonchev–Trinajstić information content (AvgIpc) is 3.08. The van der Waals surface area contributed by atoms with E-state index in [1.807, 2.05) is 18.9 Å². The van der Waals surface area contributed by atoms with E-state index in [-0.39, 0.29) is 11.3 Å². The number of hydrogen-bond acceptors (Lipinski definition) is 5. The zero-order chi connectivity index (χ0) is 16.7. The number of fused-ring (bicyclic) bond motifs is 2. The minimum Gasteiger partial charge on any atom is -0.341 e. The number of thiophene rings is 1. The van der Waals surface area contributed by atoms with Gasteiger partial charge in [-0.15, -0.1) is 0 Å². The summed E-state index contributed by atoms with van der Waals surface area (Å²) in [5.74, 6) is 0.808. The van der Waals surface area contributed by atoms with Crippen molar-refractivity contribution in [3.05, 3.63) is 45.7 Å². The molecule has 4 rings (SSSR count). The Morgan fingerprint density at radius 2 is 2.12 bits per heavy atom. The van der Waals surface area contributed by atoms with Crippen LogP contribution < -0.4 is 0 Å². The van der Waals surface area contributed by atoms with Crippen LogP contribution in [0, 0.1) is 6.92 Å². The zero-order valence-electron chi connectivity index (χ0n) is 14.2. The fourth-order valence-corrected chi connectivity index (χ4v) is 4.67. The summed E-state index contributed by atoms with van der Waals surface area (Å²) in [7, 11) is 1.89. The molecule has 0 unspecified atom stereocenters. The van der Waals surface area contributed by atoms with Crippen LogP contribution >= 0.6 is 11.3 Å². The third-order valence-electron chi connectivity index (χ3n) is 5.33. The normalized spacial score (nSPS) is 20.4. The lowest BCUT2D eigenvalue weighted by Crippen LogP contribution is -2.53. The number of amides is 1. The third-order valence-corrected chi connectivity index (χ3v) is 6.06. The Bertz CT molecular complexity index is 750. The number of aromatic nitrogens is 2. The predicted octanol–water partition coefficient (Wildman–Crippen LogP) is 2.47. The van der Waals surface area contributed by atoms with Crippen molar-refractivity contribution in [2.24, 2.45) is 0 Å². The molecule has 24 heavy (non-hydrogen) atoms. The van der Waals surface area contributed by atoms with Crippen molar-refractivity contribution in [2.45, 2.75) is 31.7 Å². The highest BCUT2D eigenvalue weighted by molar-refractivity contribution is 7.07. The second-order valence-electron chi connectivity index (χ2n) is 7.03. The number of likely N-dealkylation sites (tertiary alicyclic amines) is 1. The van der Waals surface area contributed by atoms with Gasteiger partial charge in [0.15, 0.2) is 0 Å². The fraction of sp³-hybridized carbons (Fsp3) is 0.500. The second-order valence-corrected chi connectivity index (χ2v) is 7.81. The maximum atomic E-state index is 12.5. The van der Waals surface area contributed by atoms with E-state index in [9.17, 15) is 4.79 Å². The molecular formula is C18H22N4OS. The molecule has 0 radical (unpaired) electrons. The van der Waals surface area contributed by atoms with Gasteiger partial charge in [-0.05, 0) is 55.2 Å². The third kappa shape index (κ3) is 2.63. The first-order valence-electron chi connectivity index (χ1n) is 8.40. The first-order chi connectivity index (χ1) is 11.6. The summed E-state index contributed by atoms with van der Waals surface area (Å²) in [6.45, 7) is 5.77. The average molecular weight is 342 g/mol. The van der Waals surface area contributed by atoms with Crippen LogP contribution in [0.5, 0.6) is 0 Å². The summed E-state index contributed by atoms with van der Waals surface area (Å²) in [5, 5.41) is 4.36. The van der Waals surface area contributed by atoms with Gasteiger partial charge in [0.25, 0.3) is 5.91 Å². The van der Waals surface area contributed by atoms with E-state index in [0.29, 0.717) is 5.56 Å². The molecule has 0 saturated carbocycles. The number of aryl methyl sites for hydroxylation is 1. The summed E-state index contributed by atoms with van der Waals surface area (Å²) in [4.78, 5) is 25.8. The molecule has 0 bridgehead atoms. The standard InChI is InChI=1S/C18H22N4OS/c1-13-19-9-15-16(20-13)18(12-21(2)17(15)23)4-6-22(7-5-18)10-14-3-8-24-11-14/h3,8-9,11H,4-7,10,12H2,1-2H3. The van der Waals surface area contributed by atoms with Crippen molar-refractivity contribution < 1.29 is 4.79 Å². The summed E-state index contributed by atoms with van der Waals surface area (Å²) >= 11 is 1.75. The van der Waals surface area contributed by atoms with E-state index >= 15 is 0 Å². The van der Waals surface area contributed by atoms with Crippen molar-refractivity contribution in [1.29, 1.82) is 0 Å². The summed E-state index contributed by atoms with van der Waals surface area (Å²) in [5.41, 5.74) is 3.05. The largest absolute Gasteiger partial charge is 0.341 e. The Morgan fingerprint density at radius 1 is 1.33 bits per heavy atom. The van der Waals surface area contributed by atoms with E-state index in [1.54, 1.807) is 17.5 Å². The number of carbonyl (C=O) groups excluding carboxylic acids is 1. The van der Waals surface area contributed by atoms with Crippen LogP contribution in [-0.4, -0.2) is 52.4 Å². The topological polar surface area (TPSA) is 49.3 Å². The maximum Gasteiger partial charge on any atom is 0.257 e.